The Kier molecular flexibility index (Phi) is 4.39. The summed E-state index contributed by atoms with van der Waals surface area (Å²) in [5.74, 6) is 0. The van der Waals surface area contributed by atoms with Crippen molar-refractivity contribution in [2.75, 3.05) is 6.54 Å². The molecule has 5 heteroatoms. The van der Waals surface area contributed by atoms with E-state index >= 15 is 0 Å². The molecular weight excluding hydrogens is 320 g/mol. The van der Waals surface area contributed by atoms with Gasteiger partial charge in [-0.3, -0.25) is 4.90 Å². The summed E-state index contributed by atoms with van der Waals surface area (Å²) in [7, 11) is 0. The number of likely N-dealkylation sites (tertiary alicyclic amines) is 1. The van der Waals surface area contributed by atoms with Gasteiger partial charge >= 0.3 is 6.09 Å². The van der Waals surface area contributed by atoms with Gasteiger partial charge in [-0.1, -0.05) is 34.1 Å². The molecule has 1 aromatic rings. The van der Waals surface area contributed by atoms with Crippen LogP contribution in [-0.4, -0.2) is 29.2 Å². The molecule has 0 aromatic heterocycles. The van der Waals surface area contributed by atoms with Crippen LogP contribution in [0.25, 0.3) is 0 Å². The second-order valence-corrected chi connectivity index (χ2v) is 6.95. The van der Waals surface area contributed by atoms with Gasteiger partial charge in [0.25, 0.3) is 0 Å². The van der Waals surface area contributed by atoms with E-state index < -0.39 is 5.60 Å². The molecule has 2 unspecified atom stereocenters. The molecule has 0 radical (unpaired) electrons. The molecule has 0 spiro atoms. The summed E-state index contributed by atoms with van der Waals surface area (Å²) in [4.78, 5) is 14.1. The summed E-state index contributed by atoms with van der Waals surface area (Å²) in [6, 6.07) is 7.66. The Morgan fingerprint density at radius 2 is 2.05 bits per heavy atom. The van der Waals surface area contributed by atoms with Crippen molar-refractivity contribution in [1.29, 1.82) is 0 Å². The fourth-order valence-corrected chi connectivity index (χ4v) is 2.97. The van der Waals surface area contributed by atoms with Gasteiger partial charge in [0.1, 0.15) is 5.60 Å². The van der Waals surface area contributed by atoms with Crippen molar-refractivity contribution in [3.63, 3.8) is 0 Å². The molecule has 110 valence electrons. The number of nitrogens with two attached hydrogens (primary N) is 1. The molecule has 1 aromatic carbocycles. The fourth-order valence-electron chi connectivity index (χ4n) is 2.46. The quantitative estimate of drug-likeness (QED) is 0.851. The van der Waals surface area contributed by atoms with E-state index in [1.807, 2.05) is 45.0 Å². The second kappa shape index (κ2) is 5.74. The van der Waals surface area contributed by atoms with Gasteiger partial charge in [-0.25, -0.2) is 4.79 Å². The molecule has 0 aliphatic carbocycles. The minimum Gasteiger partial charge on any atom is -0.444 e. The Bertz CT molecular complexity index is 499. The first-order valence-corrected chi connectivity index (χ1v) is 7.58. The van der Waals surface area contributed by atoms with Crippen LogP contribution in [0.15, 0.2) is 28.7 Å². The Hall–Kier alpha value is -1.07. The molecule has 0 saturated carbocycles. The highest BCUT2D eigenvalue weighted by atomic mass is 79.9. The number of hydrogen-bond acceptors (Lipinski definition) is 3. The lowest BCUT2D eigenvalue weighted by Crippen LogP contribution is -2.39. The molecule has 20 heavy (non-hydrogen) atoms. The van der Waals surface area contributed by atoms with Crippen LogP contribution in [0.2, 0.25) is 0 Å². The molecule has 1 amide bonds. The molecule has 1 saturated heterocycles. The number of amides is 1. The van der Waals surface area contributed by atoms with Crippen LogP contribution >= 0.6 is 15.9 Å². The van der Waals surface area contributed by atoms with Crippen LogP contribution in [0.1, 0.15) is 38.8 Å². The van der Waals surface area contributed by atoms with E-state index in [0.29, 0.717) is 6.54 Å². The van der Waals surface area contributed by atoms with Gasteiger partial charge < -0.3 is 10.5 Å². The summed E-state index contributed by atoms with van der Waals surface area (Å²) in [5.41, 5.74) is 6.73. The number of carbonyl (C=O) groups is 1. The Balaban J connectivity index is 2.26. The van der Waals surface area contributed by atoms with Crippen molar-refractivity contribution in [3.8, 4) is 0 Å². The summed E-state index contributed by atoms with van der Waals surface area (Å²) < 4.78 is 6.45. The maximum atomic E-state index is 12.3. The number of ether oxygens (including phenoxy) is 1. The van der Waals surface area contributed by atoms with Gasteiger partial charge in [-0.15, -0.1) is 0 Å². The molecule has 1 fully saturated rings. The number of rotatable bonds is 1. The fraction of sp³-hybridized carbons (Fsp3) is 0.533. The molecule has 2 N–H and O–H groups in total. The first kappa shape index (κ1) is 15.3. The van der Waals surface area contributed by atoms with Gasteiger partial charge in [0.2, 0.25) is 0 Å². The number of carbonyl (C=O) groups excluding carboxylic acids is 1. The van der Waals surface area contributed by atoms with E-state index in [9.17, 15) is 4.79 Å². The van der Waals surface area contributed by atoms with Crippen molar-refractivity contribution in [1.82, 2.24) is 4.90 Å². The molecule has 2 atom stereocenters. The van der Waals surface area contributed by atoms with E-state index in [-0.39, 0.29) is 18.2 Å². The zero-order valence-corrected chi connectivity index (χ0v) is 13.7. The lowest BCUT2D eigenvalue weighted by Gasteiger charge is -2.30. The third-order valence-corrected chi connectivity index (χ3v) is 4.02. The molecule has 1 heterocycles. The number of halogens is 1. The zero-order chi connectivity index (χ0) is 14.9. The maximum Gasteiger partial charge on any atom is 0.410 e. The van der Waals surface area contributed by atoms with Crippen molar-refractivity contribution in [2.24, 2.45) is 5.73 Å². The molecule has 2 rings (SSSR count). The molecule has 1 aliphatic heterocycles. The van der Waals surface area contributed by atoms with Gasteiger partial charge in [-0.05, 0) is 38.8 Å². The van der Waals surface area contributed by atoms with E-state index in [1.165, 1.54) is 0 Å². The minimum absolute atomic E-state index is 0.0683. The summed E-state index contributed by atoms with van der Waals surface area (Å²) in [5, 5.41) is 0. The molecule has 1 aliphatic rings. The summed E-state index contributed by atoms with van der Waals surface area (Å²) in [6.07, 6.45) is 0.483. The maximum absolute atomic E-state index is 12.3. The second-order valence-electron chi connectivity index (χ2n) is 6.09. The van der Waals surface area contributed by atoms with E-state index in [1.54, 1.807) is 4.90 Å². The average molecular weight is 341 g/mol. The van der Waals surface area contributed by atoms with E-state index in [4.69, 9.17) is 10.5 Å². The normalized spacial score (nSPS) is 22.9. The zero-order valence-electron chi connectivity index (χ0n) is 12.1. The van der Waals surface area contributed by atoms with Gasteiger partial charge in [0.05, 0.1) is 6.04 Å². The van der Waals surface area contributed by atoms with Crippen LogP contribution in [0.4, 0.5) is 4.79 Å². The van der Waals surface area contributed by atoms with E-state index in [2.05, 4.69) is 15.9 Å². The lowest BCUT2D eigenvalue weighted by molar-refractivity contribution is 0.0218. The van der Waals surface area contributed by atoms with Gasteiger partial charge in [0.15, 0.2) is 0 Å². The summed E-state index contributed by atoms with van der Waals surface area (Å²) >= 11 is 3.54. The Morgan fingerprint density at radius 1 is 1.40 bits per heavy atom. The van der Waals surface area contributed by atoms with Crippen LogP contribution < -0.4 is 5.73 Å². The third-order valence-electron chi connectivity index (χ3n) is 3.30. The monoisotopic (exact) mass is 340 g/mol. The lowest BCUT2D eigenvalue weighted by atomic mass is 10.0. The largest absolute Gasteiger partial charge is 0.444 e. The van der Waals surface area contributed by atoms with Crippen LogP contribution in [0.3, 0.4) is 0 Å². The first-order chi connectivity index (χ1) is 9.29. The highest BCUT2D eigenvalue weighted by molar-refractivity contribution is 9.10. The van der Waals surface area contributed by atoms with Crippen LogP contribution in [0.5, 0.6) is 0 Å². The number of hydrogen-bond donors (Lipinski definition) is 1. The smallest absolute Gasteiger partial charge is 0.410 e. The van der Waals surface area contributed by atoms with Crippen LogP contribution in [-0.2, 0) is 4.74 Å². The highest BCUT2D eigenvalue weighted by Gasteiger charge is 2.38. The van der Waals surface area contributed by atoms with E-state index in [0.717, 1.165) is 16.5 Å². The minimum atomic E-state index is -0.498. The predicted octanol–water partition coefficient (Wildman–Crippen LogP) is 3.46. The SMILES string of the molecule is CC(C)(C)OC(=O)N1CCC(N)C1c1ccccc1Br. The van der Waals surface area contributed by atoms with Crippen molar-refractivity contribution in [3.05, 3.63) is 34.3 Å². The van der Waals surface area contributed by atoms with Crippen molar-refractivity contribution < 1.29 is 9.53 Å². The average Bonchev–Trinajstić information content (AvgIpc) is 2.70. The molecule has 4 nitrogen and oxygen atoms in total. The van der Waals surface area contributed by atoms with Gasteiger partial charge in [-0.2, -0.15) is 0 Å². The topological polar surface area (TPSA) is 55.6 Å². The van der Waals surface area contributed by atoms with Gasteiger partial charge in [0, 0.05) is 17.1 Å². The third kappa shape index (κ3) is 3.33. The summed E-state index contributed by atoms with van der Waals surface area (Å²) in [6.45, 7) is 6.24. The Labute approximate surface area is 128 Å². The Morgan fingerprint density at radius 3 is 2.65 bits per heavy atom. The van der Waals surface area contributed by atoms with Crippen molar-refractivity contribution in [2.45, 2.75) is 44.9 Å². The van der Waals surface area contributed by atoms with Crippen molar-refractivity contribution >= 4 is 22.0 Å². The molecule has 0 bridgehead atoms. The molecular formula is C15H21BrN2O2. The number of nitrogens with zero attached hydrogens (tertiary/aromatic N) is 1. The number of benzene rings is 1. The predicted molar refractivity (Wildman–Crippen MR) is 82.4 cm³/mol. The highest BCUT2D eigenvalue weighted by Crippen LogP contribution is 2.36. The standard InChI is InChI=1S/C15H21BrN2O2/c1-15(2,3)20-14(19)18-9-8-12(17)13(18)10-6-4-5-7-11(10)16/h4-7,12-13H,8-9,17H2,1-3H3. The first-order valence-electron chi connectivity index (χ1n) is 6.79. The van der Waals surface area contributed by atoms with Crippen LogP contribution in [0, 0.1) is 0 Å².